The number of aromatic nitrogens is 1. The third-order valence-electron chi connectivity index (χ3n) is 4.04. The van der Waals surface area contributed by atoms with Gasteiger partial charge in [0.25, 0.3) is 5.91 Å². The van der Waals surface area contributed by atoms with Crippen molar-refractivity contribution < 1.29 is 14.7 Å². The lowest BCUT2D eigenvalue weighted by Crippen LogP contribution is -2.39. The Bertz CT molecular complexity index is 543. The Kier molecular flexibility index (Phi) is 7.72. The average Bonchev–Trinajstić information content (AvgIpc) is 2.50. The number of hydrogen-bond donors (Lipinski definition) is 1. The highest BCUT2D eigenvalue weighted by Crippen LogP contribution is 2.15. The highest BCUT2D eigenvalue weighted by molar-refractivity contribution is 5.94. The molecule has 0 aliphatic heterocycles. The Labute approximate surface area is 138 Å². The van der Waals surface area contributed by atoms with Crippen LogP contribution >= 0.6 is 0 Å². The summed E-state index contributed by atoms with van der Waals surface area (Å²) < 4.78 is 0. The first-order valence-electron chi connectivity index (χ1n) is 8.44. The summed E-state index contributed by atoms with van der Waals surface area (Å²) in [7, 11) is 0. The first-order chi connectivity index (χ1) is 10.9. The molecule has 1 heterocycles. The largest absolute Gasteiger partial charge is 0.478 e. The van der Waals surface area contributed by atoms with Gasteiger partial charge in [-0.05, 0) is 38.8 Å². The number of aryl methyl sites for hydroxylation is 1. The molecule has 0 saturated heterocycles. The van der Waals surface area contributed by atoms with Crippen LogP contribution in [0.25, 0.3) is 0 Å². The standard InChI is InChI=1S/C18H28N2O3/c1-5-7-8-12-20(13(3)9-6-2)17(21)16-11-10-15(18(22)23)14(4)19-16/h10-11,13H,5-9,12H2,1-4H3,(H,22,23). The molecule has 23 heavy (non-hydrogen) atoms. The summed E-state index contributed by atoms with van der Waals surface area (Å²) in [6.07, 6.45) is 5.14. The van der Waals surface area contributed by atoms with Crippen LogP contribution in [0.3, 0.4) is 0 Å². The topological polar surface area (TPSA) is 70.5 Å². The smallest absolute Gasteiger partial charge is 0.337 e. The molecular formula is C18H28N2O3. The second-order valence-electron chi connectivity index (χ2n) is 5.98. The molecule has 1 unspecified atom stereocenters. The van der Waals surface area contributed by atoms with Crippen LogP contribution < -0.4 is 0 Å². The molecule has 1 N–H and O–H groups in total. The van der Waals surface area contributed by atoms with Gasteiger partial charge >= 0.3 is 5.97 Å². The molecule has 128 valence electrons. The molecule has 5 nitrogen and oxygen atoms in total. The minimum Gasteiger partial charge on any atom is -0.478 e. The van der Waals surface area contributed by atoms with E-state index in [4.69, 9.17) is 5.11 Å². The summed E-state index contributed by atoms with van der Waals surface area (Å²) in [5, 5.41) is 9.07. The maximum Gasteiger partial charge on any atom is 0.337 e. The molecule has 5 heteroatoms. The minimum atomic E-state index is -1.02. The van der Waals surface area contributed by atoms with Crippen LogP contribution in [-0.2, 0) is 0 Å². The highest BCUT2D eigenvalue weighted by atomic mass is 16.4. The third kappa shape index (κ3) is 5.34. The molecule has 1 amide bonds. The molecule has 0 bridgehead atoms. The molecule has 1 atom stereocenters. The zero-order valence-electron chi connectivity index (χ0n) is 14.6. The Balaban J connectivity index is 2.98. The van der Waals surface area contributed by atoms with E-state index in [9.17, 15) is 9.59 Å². The minimum absolute atomic E-state index is 0.109. The third-order valence-corrected chi connectivity index (χ3v) is 4.04. The number of nitrogens with zero attached hydrogens (tertiary/aromatic N) is 2. The number of carbonyl (C=O) groups is 2. The molecule has 0 spiro atoms. The number of amides is 1. The van der Waals surface area contributed by atoms with Gasteiger partial charge in [0.2, 0.25) is 0 Å². The summed E-state index contributed by atoms with van der Waals surface area (Å²) in [6, 6.07) is 3.14. The summed E-state index contributed by atoms with van der Waals surface area (Å²) in [4.78, 5) is 30.0. The van der Waals surface area contributed by atoms with Crippen LogP contribution in [0.1, 0.15) is 79.4 Å². The van der Waals surface area contributed by atoms with Crippen molar-refractivity contribution in [2.24, 2.45) is 0 Å². The fraction of sp³-hybridized carbons (Fsp3) is 0.611. The zero-order valence-corrected chi connectivity index (χ0v) is 14.6. The molecule has 0 aliphatic carbocycles. The molecule has 0 saturated carbocycles. The average molecular weight is 320 g/mol. The lowest BCUT2D eigenvalue weighted by atomic mass is 10.1. The second kappa shape index (κ2) is 9.28. The van der Waals surface area contributed by atoms with Crippen molar-refractivity contribution in [1.82, 2.24) is 9.88 Å². The van der Waals surface area contributed by atoms with Gasteiger partial charge in [-0.25, -0.2) is 9.78 Å². The van der Waals surface area contributed by atoms with Crippen molar-refractivity contribution in [3.8, 4) is 0 Å². The molecule has 1 rings (SSSR count). The maximum absolute atomic E-state index is 12.8. The van der Waals surface area contributed by atoms with Gasteiger partial charge in [0.15, 0.2) is 0 Å². The lowest BCUT2D eigenvalue weighted by Gasteiger charge is -2.29. The van der Waals surface area contributed by atoms with Crippen molar-refractivity contribution >= 4 is 11.9 Å². The number of aromatic carboxylic acids is 1. The monoisotopic (exact) mass is 320 g/mol. The summed E-state index contributed by atoms with van der Waals surface area (Å²) in [5.41, 5.74) is 0.840. The second-order valence-corrected chi connectivity index (χ2v) is 5.98. The summed E-state index contributed by atoms with van der Waals surface area (Å²) in [6.45, 7) is 8.64. The van der Waals surface area contributed by atoms with Gasteiger partial charge in [0.1, 0.15) is 5.69 Å². The van der Waals surface area contributed by atoms with E-state index in [2.05, 4.69) is 25.8 Å². The first-order valence-corrected chi connectivity index (χ1v) is 8.44. The highest BCUT2D eigenvalue weighted by Gasteiger charge is 2.22. The summed E-state index contributed by atoms with van der Waals surface area (Å²) >= 11 is 0. The lowest BCUT2D eigenvalue weighted by molar-refractivity contribution is 0.0665. The van der Waals surface area contributed by atoms with Gasteiger partial charge in [0.05, 0.1) is 11.3 Å². The Morgan fingerprint density at radius 1 is 1.22 bits per heavy atom. The molecule has 1 aromatic rings. The van der Waals surface area contributed by atoms with Gasteiger partial charge in [-0.3, -0.25) is 4.79 Å². The van der Waals surface area contributed by atoms with Crippen LogP contribution in [0.4, 0.5) is 0 Å². The maximum atomic E-state index is 12.8. The van der Waals surface area contributed by atoms with Crippen molar-refractivity contribution in [1.29, 1.82) is 0 Å². The number of hydrogen-bond acceptors (Lipinski definition) is 3. The Morgan fingerprint density at radius 3 is 2.43 bits per heavy atom. The van der Waals surface area contributed by atoms with Crippen LogP contribution in [0.15, 0.2) is 12.1 Å². The van der Waals surface area contributed by atoms with E-state index in [1.54, 1.807) is 6.92 Å². The van der Waals surface area contributed by atoms with Gasteiger partial charge in [-0.15, -0.1) is 0 Å². The van der Waals surface area contributed by atoms with E-state index < -0.39 is 5.97 Å². The van der Waals surface area contributed by atoms with Crippen LogP contribution in [-0.4, -0.2) is 39.5 Å². The van der Waals surface area contributed by atoms with Gasteiger partial charge in [-0.2, -0.15) is 0 Å². The molecule has 0 fully saturated rings. The summed E-state index contributed by atoms with van der Waals surface area (Å²) in [5.74, 6) is -1.13. The van der Waals surface area contributed by atoms with E-state index >= 15 is 0 Å². The van der Waals surface area contributed by atoms with Crippen molar-refractivity contribution in [2.45, 2.75) is 65.8 Å². The number of carbonyl (C=O) groups excluding carboxylic acids is 1. The van der Waals surface area contributed by atoms with Gasteiger partial charge in [0, 0.05) is 12.6 Å². The number of rotatable bonds is 9. The number of pyridine rings is 1. The van der Waals surface area contributed by atoms with E-state index in [-0.39, 0.29) is 17.5 Å². The van der Waals surface area contributed by atoms with E-state index in [1.165, 1.54) is 12.1 Å². The molecule has 0 aromatic carbocycles. The number of carboxylic acids is 1. The number of unbranched alkanes of at least 4 members (excludes halogenated alkanes) is 2. The molecule has 1 aromatic heterocycles. The fourth-order valence-corrected chi connectivity index (χ4v) is 2.68. The van der Waals surface area contributed by atoms with Gasteiger partial charge in [-0.1, -0.05) is 33.1 Å². The molecule has 0 radical (unpaired) electrons. The first kappa shape index (κ1) is 19.1. The zero-order chi connectivity index (χ0) is 17.4. The van der Waals surface area contributed by atoms with E-state index in [0.29, 0.717) is 11.4 Å². The molecular weight excluding hydrogens is 292 g/mol. The normalized spacial score (nSPS) is 12.0. The predicted molar refractivity (Wildman–Crippen MR) is 90.9 cm³/mol. The predicted octanol–water partition coefficient (Wildman–Crippen LogP) is 3.91. The SMILES string of the molecule is CCCCCN(C(=O)c1ccc(C(=O)O)c(C)n1)C(C)CCC. The van der Waals surface area contributed by atoms with Crippen molar-refractivity contribution in [3.63, 3.8) is 0 Å². The van der Waals surface area contributed by atoms with Crippen LogP contribution in [0.5, 0.6) is 0 Å². The fourth-order valence-electron chi connectivity index (χ4n) is 2.68. The molecule has 0 aliphatic rings. The van der Waals surface area contributed by atoms with Gasteiger partial charge < -0.3 is 10.0 Å². The van der Waals surface area contributed by atoms with Crippen molar-refractivity contribution in [2.75, 3.05) is 6.54 Å². The van der Waals surface area contributed by atoms with E-state index in [0.717, 1.165) is 38.6 Å². The quantitative estimate of drug-likeness (QED) is 0.700. The number of carboxylic acid groups (broad SMARTS) is 1. The Hall–Kier alpha value is -1.91. The van der Waals surface area contributed by atoms with E-state index in [1.807, 2.05) is 4.90 Å². The van der Waals surface area contributed by atoms with Crippen LogP contribution in [0, 0.1) is 6.92 Å². The van der Waals surface area contributed by atoms with Crippen molar-refractivity contribution in [3.05, 3.63) is 29.1 Å². The van der Waals surface area contributed by atoms with Crippen LogP contribution in [0.2, 0.25) is 0 Å². The Morgan fingerprint density at radius 2 is 1.91 bits per heavy atom.